The van der Waals surface area contributed by atoms with Crippen LogP contribution < -0.4 is 10.6 Å². The maximum absolute atomic E-state index is 12.0. The van der Waals surface area contributed by atoms with E-state index in [9.17, 15) is 9.90 Å². The highest BCUT2D eigenvalue weighted by atomic mass is 16.3. The van der Waals surface area contributed by atoms with Crippen LogP contribution in [0, 0.1) is 5.92 Å². The predicted octanol–water partition coefficient (Wildman–Crippen LogP) is 0.554. The number of carbonyl (C=O) groups excluding carboxylic acids is 1. The minimum Gasteiger partial charge on any atom is -0.391 e. The van der Waals surface area contributed by atoms with Crippen molar-refractivity contribution >= 4 is 5.91 Å². The van der Waals surface area contributed by atoms with Gasteiger partial charge in [0.05, 0.1) is 12.1 Å². The molecule has 1 aromatic rings. The van der Waals surface area contributed by atoms with Gasteiger partial charge in [0, 0.05) is 19.3 Å². The van der Waals surface area contributed by atoms with Crippen molar-refractivity contribution in [2.75, 3.05) is 19.6 Å². The SMILES string of the molecule is CC(C)C(O)CNC(=O)c1ccn(C2CCCNC2)n1. The average molecular weight is 280 g/mol. The first kappa shape index (κ1) is 15.0. The third kappa shape index (κ3) is 3.80. The lowest BCUT2D eigenvalue weighted by Gasteiger charge is -2.22. The molecule has 0 bridgehead atoms. The molecule has 1 saturated heterocycles. The molecule has 0 saturated carbocycles. The van der Waals surface area contributed by atoms with Crippen molar-refractivity contribution in [3.8, 4) is 0 Å². The molecule has 3 N–H and O–H groups in total. The molecule has 2 unspecified atom stereocenters. The fourth-order valence-corrected chi connectivity index (χ4v) is 2.25. The summed E-state index contributed by atoms with van der Waals surface area (Å²) in [5.41, 5.74) is 0.409. The molecule has 2 heterocycles. The van der Waals surface area contributed by atoms with E-state index in [1.807, 2.05) is 24.7 Å². The Kier molecular flexibility index (Phi) is 5.14. The summed E-state index contributed by atoms with van der Waals surface area (Å²) in [6.45, 7) is 6.05. The van der Waals surface area contributed by atoms with Gasteiger partial charge in [-0.1, -0.05) is 13.8 Å². The molecule has 20 heavy (non-hydrogen) atoms. The van der Waals surface area contributed by atoms with Crippen molar-refractivity contribution < 1.29 is 9.90 Å². The molecule has 0 aliphatic carbocycles. The number of aliphatic hydroxyl groups is 1. The van der Waals surface area contributed by atoms with E-state index >= 15 is 0 Å². The van der Waals surface area contributed by atoms with E-state index in [1.54, 1.807) is 6.07 Å². The number of piperidine rings is 1. The van der Waals surface area contributed by atoms with E-state index in [0.717, 1.165) is 25.9 Å². The van der Waals surface area contributed by atoms with Gasteiger partial charge in [-0.25, -0.2) is 0 Å². The lowest BCUT2D eigenvalue weighted by molar-refractivity contribution is 0.0866. The van der Waals surface area contributed by atoms with E-state index in [-0.39, 0.29) is 18.4 Å². The highest BCUT2D eigenvalue weighted by Crippen LogP contribution is 2.15. The molecule has 0 spiro atoms. The minimum absolute atomic E-state index is 0.126. The molecule has 1 aliphatic heterocycles. The number of nitrogens with one attached hydrogen (secondary N) is 2. The molecule has 112 valence electrons. The lowest BCUT2D eigenvalue weighted by atomic mass is 10.1. The molecular formula is C14H24N4O2. The third-order valence-electron chi connectivity index (χ3n) is 3.73. The minimum atomic E-state index is -0.524. The van der Waals surface area contributed by atoms with Gasteiger partial charge in [-0.05, 0) is 31.4 Å². The zero-order chi connectivity index (χ0) is 14.5. The molecule has 1 fully saturated rings. The summed E-state index contributed by atoms with van der Waals surface area (Å²) >= 11 is 0. The number of rotatable bonds is 5. The van der Waals surface area contributed by atoms with E-state index < -0.39 is 6.10 Å². The average Bonchev–Trinajstić information content (AvgIpc) is 2.95. The Balaban J connectivity index is 1.89. The fourth-order valence-electron chi connectivity index (χ4n) is 2.25. The molecule has 1 amide bonds. The van der Waals surface area contributed by atoms with Gasteiger partial charge in [-0.3, -0.25) is 9.48 Å². The summed E-state index contributed by atoms with van der Waals surface area (Å²) in [7, 11) is 0. The smallest absolute Gasteiger partial charge is 0.271 e. The van der Waals surface area contributed by atoms with Crippen molar-refractivity contribution in [3.63, 3.8) is 0 Å². The Morgan fingerprint density at radius 1 is 1.65 bits per heavy atom. The number of amides is 1. The van der Waals surface area contributed by atoms with Gasteiger partial charge in [0.25, 0.3) is 5.91 Å². The van der Waals surface area contributed by atoms with Gasteiger partial charge in [0.1, 0.15) is 5.69 Å². The zero-order valence-corrected chi connectivity index (χ0v) is 12.2. The lowest BCUT2D eigenvalue weighted by Crippen LogP contribution is -2.35. The summed E-state index contributed by atoms with van der Waals surface area (Å²) in [6, 6.07) is 2.05. The molecule has 2 rings (SSSR count). The summed E-state index contributed by atoms with van der Waals surface area (Å²) in [5.74, 6) is -0.103. The van der Waals surface area contributed by atoms with Crippen LogP contribution in [0.15, 0.2) is 12.3 Å². The molecule has 1 aromatic heterocycles. The topological polar surface area (TPSA) is 79.2 Å². The highest BCUT2D eigenvalue weighted by molar-refractivity contribution is 5.92. The molecule has 0 radical (unpaired) electrons. The quantitative estimate of drug-likeness (QED) is 0.736. The maximum atomic E-state index is 12.0. The predicted molar refractivity (Wildman–Crippen MR) is 76.5 cm³/mol. The van der Waals surface area contributed by atoms with E-state index in [0.29, 0.717) is 11.7 Å². The molecule has 1 aliphatic rings. The summed E-state index contributed by atoms with van der Waals surface area (Å²) < 4.78 is 1.86. The summed E-state index contributed by atoms with van der Waals surface area (Å²) in [6.07, 6.45) is 3.54. The second-order valence-electron chi connectivity index (χ2n) is 5.70. The van der Waals surface area contributed by atoms with Crippen LogP contribution in [0.2, 0.25) is 0 Å². The third-order valence-corrected chi connectivity index (χ3v) is 3.73. The van der Waals surface area contributed by atoms with E-state index in [2.05, 4.69) is 15.7 Å². The standard InChI is InChI=1S/C14H24N4O2/c1-10(2)13(19)9-16-14(20)12-5-7-18(17-12)11-4-3-6-15-8-11/h5,7,10-11,13,15,19H,3-4,6,8-9H2,1-2H3,(H,16,20). The van der Waals surface area contributed by atoms with Crippen molar-refractivity contribution in [1.29, 1.82) is 0 Å². The normalized spacial score (nSPS) is 20.9. The Hall–Kier alpha value is -1.40. The summed E-state index contributed by atoms with van der Waals surface area (Å²) in [4.78, 5) is 12.0. The number of hydrogen-bond acceptors (Lipinski definition) is 4. The molecule has 0 aromatic carbocycles. The second kappa shape index (κ2) is 6.85. The first-order valence-electron chi connectivity index (χ1n) is 7.30. The molecule has 6 heteroatoms. The first-order chi connectivity index (χ1) is 9.58. The maximum Gasteiger partial charge on any atom is 0.271 e. The highest BCUT2D eigenvalue weighted by Gasteiger charge is 2.18. The van der Waals surface area contributed by atoms with Crippen molar-refractivity contribution in [2.24, 2.45) is 5.92 Å². The second-order valence-corrected chi connectivity index (χ2v) is 5.70. The van der Waals surface area contributed by atoms with Gasteiger partial charge in [0.15, 0.2) is 0 Å². The molecular weight excluding hydrogens is 256 g/mol. The van der Waals surface area contributed by atoms with Crippen LogP contribution in [0.25, 0.3) is 0 Å². The van der Waals surface area contributed by atoms with Crippen LogP contribution >= 0.6 is 0 Å². The Labute approximate surface area is 119 Å². The van der Waals surface area contributed by atoms with Crippen LogP contribution in [-0.4, -0.2) is 46.5 Å². The van der Waals surface area contributed by atoms with Crippen LogP contribution in [0.4, 0.5) is 0 Å². The largest absolute Gasteiger partial charge is 0.391 e. The van der Waals surface area contributed by atoms with Gasteiger partial charge in [0.2, 0.25) is 0 Å². The van der Waals surface area contributed by atoms with Gasteiger partial charge in [-0.2, -0.15) is 5.10 Å². The number of aliphatic hydroxyl groups excluding tert-OH is 1. The summed E-state index contributed by atoms with van der Waals surface area (Å²) in [5, 5.41) is 20.1. The van der Waals surface area contributed by atoms with Gasteiger partial charge < -0.3 is 15.7 Å². The van der Waals surface area contributed by atoms with E-state index in [1.165, 1.54) is 0 Å². The molecule has 6 nitrogen and oxygen atoms in total. The Bertz CT molecular complexity index is 438. The number of carbonyl (C=O) groups is 1. The zero-order valence-electron chi connectivity index (χ0n) is 12.2. The fraction of sp³-hybridized carbons (Fsp3) is 0.714. The van der Waals surface area contributed by atoms with Gasteiger partial charge in [-0.15, -0.1) is 0 Å². The van der Waals surface area contributed by atoms with Crippen molar-refractivity contribution in [3.05, 3.63) is 18.0 Å². The van der Waals surface area contributed by atoms with Crippen LogP contribution in [0.3, 0.4) is 0 Å². The monoisotopic (exact) mass is 280 g/mol. The molecule has 2 atom stereocenters. The van der Waals surface area contributed by atoms with Crippen molar-refractivity contribution in [1.82, 2.24) is 20.4 Å². The number of aromatic nitrogens is 2. The number of nitrogens with zero attached hydrogens (tertiary/aromatic N) is 2. The number of hydrogen-bond donors (Lipinski definition) is 3. The Morgan fingerprint density at radius 3 is 3.10 bits per heavy atom. The van der Waals surface area contributed by atoms with Crippen LogP contribution in [0.1, 0.15) is 43.2 Å². The first-order valence-corrected chi connectivity index (χ1v) is 7.30. The van der Waals surface area contributed by atoms with Crippen LogP contribution in [-0.2, 0) is 0 Å². The van der Waals surface area contributed by atoms with Crippen LogP contribution in [0.5, 0.6) is 0 Å². The van der Waals surface area contributed by atoms with Crippen molar-refractivity contribution in [2.45, 2.75) is 38.8 Å². The van der Waals surface area contributed by atoms with Gasteiger partial charge >= 0.3 is 0 Å². The van der Waals surface area contributed by atoms with E-state index in [4.69, 9.17) is 0 Å². The Morgan fingerprint density at radius 2 is 2.45 bits per heavy atom.